The lowest BCUT2D eigenvalue weighted by atomic mass is 10.0. The van der Waals surface area contributed by atoms with Crippen molar-refractivity contribution in [3.8, 4) is 22.8 Å². The smallest absolute Gasteiger partial charge is 0.141 e. The fourth-order valence-corrected chi connectivity index (χ4v) is 2.35. The van der Waals surface area contributed by atoms with Crippen molar-refractivity contribution in [3.63, 3.8) is 0 Å². The molecule has 1 heterocycles. The summed E-state index contributed by atoms with van der Waals surface area (Å²) in [4.78, 5) is 0. The summed E-state index contributed by atoms with van der Waals surface area (Å²) in [6.45, 7) is 1.65. The molecule has 0 saturated heterocycles. The molecule has 1 unspecified atom stereocenters. The van der Waals surface area contributed by atoms with Crippen LogP contribution in [0.5, 0.6) is 11.5 Å². The van der Waals surface area contributed by atoms with Gasteiger partial charge in [-0.1, -0.05) is 0 Å². The van der Waals surface area contributed by atoms with Crippen LogP contribution in [0.3, 0.4) is 0 Å². The first-order valence-corrected chi connectivity index (χ1v) is 6.29. The van der Waals surface area contributed by atoms with E-state index < -0.39 is 6.10 Å². The molecule has 0 bridgehead atoms. The number of phenolic OH excluding ortho intramolecular Hbond substituents is 2. The molecule has 0 saturated carbocycles. The van der Waals surface area contributed by atoms with Gasteiger partial charge in [0, 0.05) is 16.5 Å². The minimum Gasteiger partial charge on any atom is -0.508 e. The van der Waals surface area contributed by atoms with Gasteiger partial charge in [-0.15, -0.1) is 0 Å². The van der Waals surface area contributed by atoms with Crippen molar-refractivity contribution in [2.45, 2.75) is 13.0 Å². The van der Waals surface area contributed by atoms with Gasteiger partial charge in [0.2, 0.25) is 0 Å². The summed E-state index contributed by atoms with van der Waals surface area (Å²) < 4.78 is 5.79. The van der Waals surface area contributed by atoms with E-state index in [2.05, 4.69) is 0 Å². The van der Waals surface area contributed by atoms with Crippen molar-refractivity contribution in [2.24, 2.45) is 0 Å². The number of aromatic hydroxyl groups is 2. The fraction of sp³-hybridized carbons (Fsp3) is 0.125. The number of aliphatic hydroxyl groups excluding tert-OH is 1. The number of fused-ring (bicyclic) bond motifs is 1. The highest BCUT2D eigenvalue weighted by Crippen LogP contribution is 2.39. The summed E-state index contributed by atoms with van der Waals surface area (Å²) in [5.41, 5.74) is 1.98. The molecule has 4 nitrogen and oxygen atoms in total. The molecule has 3 rings (SSSR count). The maximum absolute atomic E-state index is 10.0. The quantitative estimate of drug-likeness (QED) is 0.665. The molecule has 102 valence electrons. The van der Waals surface area contributed by atoms with Crippen LogP contribution < -0.4 is 0 Å². The maximum atomic E-state index is 10.0. The summed E-state index contributed by atoms with van der Waals surface area (Å²) >= 11 is 0. The molecule has 0 aliphatic heterocycles. The van der Waals surface area contributed by atoms with Gasteiger partial charge in [-0.05, 0) is 49.4 Å². The third kappa shape index (κ3) is 2.00. The summed E-state index contributed by atoms with van der Waals surface area (Å²) in [6.07, 6.45) is -0.734. The molecule has 4 heteroatoms. The van der Waals surface area contributed by atoms with Gasteiger partial charge < -0.3 is 19.7 Å². The molecule has 1 atom stereocenters. The summed E-state index contributed by atoms with van der Waals surface area (Å²) in [7, 11) is 0. The lowest BCUT2D eigenvalue weighted by molar-refractivity contribution is 0.200. The number of phenols is 2. The number of rotatable bonds is 2. The second kappa shape index (κ2) is 4.58. The highest BCUT2D eigenvalue weighted by atomic mass is 16.3. The Kier molecular flexibility index (Phi) is 2.88. The lowest BCUT2D eigenvalue weighted by Crippen LogP contribution is -1.92. The average Bonchev–Trinajstić information content (AvgIpc) is 2.78. The van der Waals surface area contributed by atoms with Gasteiger partial charge in [0.15, 0.2) is 0 Å². The number of hydrogen-bond donors (Lipinski definition) is 3. The van der Waals surface area contributed by atoms with Crippen LogP contribution in [0.15, 0.2) is 46.9 Å². The number of aliphatic hydroxyl groups is 1. The van der Waals surface area contributed by atoms with Crippen molar-refractivity contribution < 1.29 is 19.7 Å². The second-order valence-corrected chi connectivity index (χ2v) is 4.75. The SMILES string of the molecule is CC(O)c1c(-c2ccc(O)cc2)oc2ccc(O)cc12. The van der Waals surface area contributed by atoms with Gasteiger partial charge >= 0.3 is 0 Å². The van der Waals surface area contributed by atoms with E-state index in [4.69, 9.17) is 4.42 Å². The van der Waals surface area contributed by atoms with Crippen molar-refractivity contribution in [1.82, 2.24) is 0 Å². The van der Waals surface area contributed by atoms with E-state index >= 15 is 0 Å². The third-order valence-corrected chi connectivity index (χ3v) is 3.26. The Balaban J connectivity index is 2.29. The van der Waals surface area contributed by atoms with E-state index in [1.54, 1.807) is 43.3 Å². The largest absolute Gasteiger partial charge is 0.508 e. The second-order valence-electron chi connectivity index (χ2n) is 4.75. The van der Waals surface area contributed by atoms with Crippen LogP contribution >= 0.6 is 0 Å². The van der Waals surface area contributed by atoms with E-state index in [9.17, 15) is 15.3 Å². The molecule has 0 fully saturated rings. The van der Waals surface area contributed by atoms with E-state index in [1.807, 2.05) is 0 Å². The maximum Gasteiger partial charge on any atom is 0.141 e. The van der Waals surface area contributed by atoms with Gasteiger partial charge in [0.1, 0.15) is 22.8 Å². The zero-order valence-electron chi connectivity index (χ0n) is 10.9. The molecule has 0 aliphatic carbocycles. The zero-order valence-corrected chi connectivity index (χ0v) is 10.9. The van der Waals surface area contributed by atoms with Crippen molar-refractivity contribution in [2.75, 3.05) is 0 Å². The highest BCUT2D eigenvalue weighted by molar-refractivity contribution is 5.89. The first kappa shape index (κ1) is 12.6. The van der Waals surface area contributed by atoms with Crippen molar-refractivity contribution in [3.05, 3.63) is 48.0 Å². The Bertz CT molecular complexity index is 754. The standard InChI is InChI=1S/C16H14O4/c1-9(17)15-13-8-12(19)6-7-14(13)20-16(15)10-2-4-11(18)5-3-10/h2-9,17-19H,1H3. The van der Waals surface area contributed by atoms with E-state index in [-0.39, 0.29) is 11.5 Å². The van der Waals surface area contributed by atoms with Crippen LogP contribution in [0, 0.1) is 0 Å². The van der Waals surface area contributed by atoms with Crippen LogP contribution in [-0.2, 0) is 0 Å². The Morgan fingerprint density at radius 1 is 0.950 bits per heavy atom. The molecule has 3 N–H and O–H groups in total. The van der Waals surface area contributed by atoms with Crippen molar-refractivity contribution in [1.29, 1.82) is 0 Å². The lowest BCUT2D eigenvalue weighted by Gasteiger charge is -2.06. The highest BCUT2D eigenvalue weighted by Gasteiger charge is 2.19. The molecule has 1 aromatic heterocycles. The van der Waals surface area contributed by atoms with Crippen LogP contribution in [0.2, 0.25) is 0 Å². The first-order chi connectivity index (χ1) is 9.56. The predicted octanol–water partition coefficient (Wildman–Crippen LogP) is 3.56. The third-order valence-electron chi connectivity index (χ3n) is 3.26. The monoisotopic (exact) mass is 270 g/mol. The van der Waals surface area contributed by atoms with Gasteiger partial charge in [-0.3, -0.25) is 0 Å². The minimum atomic E-state index is -0.734. The molecule has 0 aliphatic rings. The van der Waals surface area contributed by atoms with Gasteiger partial charge in [-0.2, -0.15) is 0 Å². The Hall–Kier alpha value is -2.46. The van der Waals surface area contributed by atoms with Gasteiger partial charge in [0.05, 0.1) is 6.10 Å². The number of hydrogen-bond acceptors (Lipinski definition) is 4. The van der Waals surface area contributed by atoms with Crippen LogP contribution in [0.1, 0.15) is 18.6 Å². The van der Waals surface area contributed by atoms with Crippen molar-refractivity contribution >= 4 is 11.0 Å². The molecule has 2 aromatic carbocycles. The Labute approximate surface area is 115 Å². The fourth-order valence-electron chi connectivity index (χ4n) is 2.35. The molecular weight excluding hydrogens is 256 g/mol. The van der Waals surface area contributed by atoms with Crippen LogP contribution in [0.4, 0.5) is 0 Å². The average molecular weight is 270 g/mol. The molecule has 0 spiro atoms. The Morgan fingerprint density at radius 3 is 2.25 bits per heavy atom. The summed E-state index contributed by atoms with van der Waals surface area (Å²) in [6, 6.07) is 11.3. The summed E-state index contributed by atoms with van der Waals surface area (Å²) in [5.74, 6) is 0.833. The number of benzene rings is 2. The molecule has 0 radical (unpaired) electrons. The first-order valence-electron chi connectivity index (χ1n) is 6.29. The molecule has 0 amide bonds. The topological polar surface area (TPSA) is 73.8 Å². The zero-order chi connectivity index (χ0) is 14.3. The van der Waals surface area contributed by atoms with E-state index in [0.29, 0.717) is 22.3 Å². The van der Waals surface area contributed by atoms with E-state index in [1.165, 1.54) is 6.07 Å². The Morgan fingerprint density at radius 2 is 1.60 bits per heavy atom. The van der Waals surface area contributed by atoms with Gasteiger partial charge in [0.25, 0.3) is 0 Å². The molecule has 20 heavy (non-hydrogen) atoms. The summed E-state index contributed by atoms with van der Waals surface area (Å²) in [5, 5.41) is 29.6. The van der Waals surface area contributed by atoms with Crippen LogP contribution in [-0.4, -0.2) is 15.3 Å². The molecule has 3 aromatic rings. The normalized spacial score (nSPS) is 12.7. The van der Waals surface area contributed by atoms with Gasteiger partial charge in [-0.25, -0.2) is 0 Å². The predicted molar refractivity (Wildman–Crippen MR) is 75.6 cm³/mol. The van der Waals surface area contributed by atoms with Crippen LogP contribution in [0.25, 0.3) is 22.3 Å². The minimum absolute atomic E-state index is 0.123. The molecular formula is C16H14O4. The van der Waals surface area contributed by atoms with E-state index in [0.717, 1.165) is 5.56 Å². The number of furan rings is 1.